The van der Waals surface area contributed by atoms with E-state index in [2.05, 4.69) is 9.02 Å². The number of esters is 1. The number of hydrogen-bond acceptors (Lipinski definition) is 6. The molecule has 2 rings (SSSR count). The van der Waals surface area contributed by atoms with Gasteiger partial charge in [0.25, 0.3) is 0 Å². The van der Waals surface area contributed by atoms with Crippen LogP contribution in [0.4, 0.5) is 5.69 Å². The Morgan fingerprint density at radius 2 is 2.20 bits per heavy atom. The fraction of sp³-hybridized carbons (Fsp3) is 0.250. The number of nitrogens with zero attached hydrogens (tertiary/aromatic N) is 2. The van der Waals surface area contributed by atoms with Crippen molar-refractivity contribution in [1.82, 2.24) is 4.57 Å². The second kappa shape index (κ2) is 6.04. The Morgan fingerprint density at radius 1 is 1.45 bits per heavy atom. The van der Waals surface area contributed by atoms with Crippen LogP contribution in [-0.4, -0.2) is 33.5 Å². The number of anilines is 1. The Labute approximate surface area is 118 Å². The lowest BCUT2D eigenvalue weighted by Crippen LogP contribution is -2.19. The molecule has 2 aromatic rings. The zero-order valence-corrected chi connectivity index (χ0v) is 11.8. The van der Waals surface area contributed by atoms with Crippen molar-refractivity contribution < 1.29 is 22.6 Å². The van der Waals surface area contributed by atoms with E-state index in [1.165, 1.54) is 14.2 Å². The maximum absolute atomic E-state index is 11.3. The standard InChI is InChI=1S/C12H14N2O5S/c1-13(19-20(16)17)10-4-3-5-11-9(10)6-7-14(11)8-12(15)18-2/h3-7H,8H2,1-2H3,(H,16,17)/p-1. The fourth-order valence-corrected chi connectivity index (χ4v) is 2.22. The van der Waals surface area contributed by atoms with E-state index in [0.717, 1.165) is 16.0 Å². The number of carbonyl (C=O) groups is 1. The normalized spacial score (nSPS) is 12.3. The molecule has 0 amide bonds. The summed E-state index contributed by atoms with van der Waals surface area (Å²) in [6.07, 6.45) is 1.73. The number of benzene rings is 1. The average molecular weight is 297 g/mol. The molecule has 0 aliphatic heterocycles. The Hall–Kier alpha value is -1.90. The number of hydrogen-bond donors (Lipinski definition) is 0. The molecule has 108 valence electrons. The molecule has 7 nitrogen and oxygen atoms in total. The number of hydroxylamine groups is 1. The number of methoxy groups -OCH3 is 1. The molecule has 1 aromatic heterocycles. The van der Waals surface area contributed by atoms with E-state index in [1.54, 1.807) is 29.0 Å². The molecule has 0 saturated heterocycles. The summed E-state index contributed by atoms with van der Waals surface area (Å²) in [4.78, 5) is 11.3. The molecule has 0 N–H and O–H groups in total. The minimum Gasteiger partial charge on any atom is -0.748 e. The smallest absolute Gasteiger partial charge is 0.325 e. The van der Waals surface area contributed by atoms with Gasteiger partial charge >= 0.3 is 5.97 Å². The highest BCUT2D eigenvalue weighted by Gasteiger charge is 2.11. The van der Waals surface area contributed by atoms with Gasteiger partial charge < -0.3 is 13.9 Å². The maximum Gasteiger partial charge on any atom is 0.325 e. The summed E-state index contributed by atoms with van der Waals surface area (Å²) < 4.78 is 32.1. The van der Waals surface area contributed by atoms with Crippen LogP contribution in [0.25, 0.3) is 10.9 Å². The summed E-state index contributed by atoms with van der Waals surface area (Å²) in [6.45, 7) is 0.0848. The second-order valence-corrected chi connectivity index (χ2v) is 4.56. The summed E-state index contributed by atoms with van der Waals surface area (Å²) in [5, 5.41) is 1.91. The first-order chi connectivity index (χ1) is 9.52. The van der Waals surface area contributed by atoms with Gasteiger partial charge in [-0.15, -0.1) is 0 Å². The molecule has 0 radical (unpaired) electrons. The zero-order chi connectivity index (χ0) is 14.7. The lowest BCUT2D eigenvalue weighted by molar-refractivity contribution is -0.141. The lowest BCUT2D eigenvalue weighted by atomic mass is 10.2. The highest BCUT2D eigenvalue weighted by atomic mass is 32.2. The van der Waals surface area contributed by atoms with Crippen molar-refractivity contribution in [2.24, 2.45) is 0 Å². The fourth-order valence-electron chi connectivity index (χ4n) is 1.95. The van der Waals surface area contributed by atoms with Crippen LogP contribution in [0.3, 0.4) is 0 Å². The van der Waals surface area contributed by atoms with Gasteiger partial charge in [0.1, 0.15) is 17.9 Å². The van der Waals surface area contributed by atoms with Crippen molar-refractivity contribution in [1.29, 1.82) is 0 Å². The molecular formula is C12H13N2O5S-. The van der Waals surface area contributed by atoms with Crippen LogP contribution in [0, 0.1) is 0 Å². The minimum absolute atomic E-state index is 0.0848. The van der Waals surface area contributed by atoms with Gasteiger partial charge in [0.2, 0.25) is 0 Å². The van der Waals surface area contributed by atoms with Crippen molar-refractivity contribution in [3.05, 3.63) is 30.5 Å². The van der Waals surface area contributed by atoms with Crippen molar-refractivity contribution in [2.75, 3.05) is 19.2 Å². The van der Waals surface area contributed by atoms with Gasteiger partial charge in [-0.3, -0.25) is 4.79 Å². The zero-order valence-electron chi connectivity index (χ0n) is 10.9. The molecule has 20 heavy (non-hydrogen) atoms. The van der Waals surface area contributed by atoms with Crippen LogP contribution < -0.4 is 5.06 Å². The van der Waals surface area contributed by atoms with Crippen molar-refractivity contribution in [2.45, 2.75) is 6.54 Å². The van der Waals surface area contributed by atoms with Crippen molar-refractivity contribution in [3.8, 4) is 0 Å². The summed E-state index contributed by atoms with van der Waals surface area (Å²) in [6, 6.07) is 7.07. The SMILES string of the molecule is COC(=O)Cn1ccc2c(N(C)OS(=O)[O-])cccc21. The van der Waals surface area contributed by atoms with Crippen LogP contribution in [0.2, 0.25) is 0 Å². The average Bonchev–Trinajstić information content (AvgIpc) is 2.81. The summed E-state index contributed by atoms with van der Waals surface area (Å²) in [5.74, 6) is -0.363. The van der Waals surface area contributed by atoms with Crippen molar-refractivity contribution >= 4 is 33.9 Å². The molecule has 0 spiro atoms. The predicted octanol–water partition coefficient (Wildman–Crippen LogP) is 0.976. The highest BCUT2D eigenvalue weighted by molar-refractivity contribution is 7.74. The van der Waals surface area contributed by atoms with Gasteiger partial charge in [0, 0.05) is 18.6 Å². The monoisotopic (exact) mass is 297 g/mol. The molecule has 0 aliphatic carbocycles. The highest BCUT2D eigenvalue weighted by Crippen LogP contribution is 2.27. The van der Waals surface area contributed by atoms with E-state index in [4.69, 9.17) is 0 Å². The third-order valence-electron chi connectivity index (χ3n) is 2.83. The molecule has 1 heterocycles. The van der Waals surface area contributed by atoms with Gasteiger partial charge in [0.05, 0.1) is 18.3 Å². The van der Waals surface area contributed by atoms with E-state index in [0.29, 0.717) is 5.69 Å². The molecular weight excluding hydrogens is 284 g/mol. The largest absolute Gasteiger partial charge is 0.748 e. The minimum atomic E-state index is -2.65. The third kappa shape index (κ3) is 2.98. The topological polar surface area (TPSA) is 83.8 Å². The van der Waals surface area contributed by atoms with Crippen LogP contribution in [0.5, 0.6) is 0 Å². The quantitative estimate of drug-likeness (QED) is 0.464. The molecule has 0 fully saturated rings. The molecule has 0 aliphatic rings. The Bertz CT molecular complexity index is 654. The van der Waals surface area contributed by atoms with E-state index in [-0.39, 0.29) is 12.5 Å². The number of ether oxygens (including phenoxy) is 1. The summed E-state index contributed by atoms with van der Waals surface area (Å²) in [7, 11) is 2.81. The first-order valence-corrected chi connectivity index (χ1v) is 6.69. The van der Waals surface area contributed by atoms with Gasteiger partial charge in [0.15, 0.2) is 0 Å². The second-order valence-electron chi connectivity index (χ2n) is 4.01. The van der Waals surface area contributed by atoms with Gasteiger partial charge in [-0.1, -0.05) is 6.07 Å². The van der Waals surface area contributed by atoms with E-state index in [9.17, 15) is 13.6 Å². The van der Waals surface area contributed by atoms with E-state index >= 15 is 0 Å². The Balaban J connectivity index is 2.39. The third-order valence-corrected chi connectivity index (χ3v) is 3.18. The molecule has 1 unspecified atom stereocenters. The molecule has 0 bridgehead atoms. The molecule has 0 saturated carbocycles. The van der Waals surface area contributed by atoms with E-state index in [1.807, 2.05) is 6.07 Å². The number of aromatic nitrogens is 1. The molecule has 1 atom stereocenters. The van der Waals surface area contributed by atoms with Gasteiger partial charge in [-0.05, 0) is 18.2 Å². The first kappa shape index (κ1) is 14.5. The van der Waals surface area contributed by atoms with Crippen LogP contribution in [0.1, 0.15) is 0 Å². The summed E-state index contributed by atoms with van der Waals surface area (Å²) >= 11 is -2.65. The molecule has 1 aromatic carbocycles. The lowest BCUT2D eigenvalue weighted by Gasteiger charge is -2.20. The molecule has 8 heteroatoms. The first-order valence-electron chi connectivity index (χ1n) is 5.69. The number of rotatable bonds is 5. The van der Waals surface area contributed by atoms with Crippen LogP contribution >= 0.6 is 0 Å². The predicted molar refractivity (Wildman–Crippen MR) is 72.4 cm³/mol. The summed E-state index contributed by atoms with van der Waals surface area (Å²) in [5.41, 5.74) is 1.36. The maximum atomic E-state index is 11.3. The van der Waals surface area contributed by atoms with Gasteiger partial charge in [-0.2, -0.15) is 4.28 Å². The van der Waals surface area contributed by atoms with Gasteiger partial charge in [-0.25, -0.2) is 9.27 Å². The number of carbonyl (C=O) groups excluding carboxylic acids is 1. The van der Waals surface area contributed by atoms with Crippen LogP contribution in [0.15, 0.2) is 30.5 Å². The number of fused-ring (bicyclic) bond motifs is 1. The Kier molecular flexibility index (Phi) is 4.38. The Morgan fingerprint density at radius 3 is 2.85 bits per heavy atom. The van der Waals surface area contributed by atoms with E-state index < -0.39 is 11.4 Å². The van der Waals surface area contributed by atoms with Crippen molar-refractivity contribution in [3.63, 3.8) is 0 Å². The van der Waals surface area contributed by atoms with Crippen LogP contribution in [-0.2, 0) is 31.7 Å².